The molecule has 1 atom stereocenters. The fourth-order valence-corrected chi connectivity index (χ4v) is 2.57. The fourth-order valence-electron chi connectivity index (χ4n) is 2.57. The van der Waals surface area contributed by atoms with Gasteiger partial charge < -0.3 is 15.2 Å². The molecule has 1 aromatic rings. The van der Waals surface area contributed by atoms with Gasteiger partial charge in [-0.1, -0.05) is 25.0 Å². The van der Waals surface area contributed by atoms with E-state index in [4.69, 9.17) is 10.00 Å². The van der Waals surface area contributed by atoms with Gasteiger partial charge in [0, 0.05) is 13.1 Å². The molecule has 0 radical (unpaired) electrons. The Bertz CT molecular complexity index is 458. The van der Waals surface area contributed by atoms with Crippen LogP contribution in [0, 0.1) is 11.3 Å². The summed E-state index contributed by atoms with van der Waals surface area (Å²) < 4.78 is 5.40. The lowest BCUT2D eigenvalue weighted by molar-refractivity contribution is 0.0475. The Kier molecular flexibility index (Phi) is 4.99. The summed E-state index contributed by atoms with van der Waals surface area (Å²) in [6.45, 7) is 3.10. The maximum absolute atomic E-state index is 10.2. The highest BCUT2D eigenvalue weighted by molar-refractivity contribution is 5.27. The molecule has 0 heterocycles. The molecule has 0 aliphatic heterocycles. The Labute approximate surface area is 120 Å². The molecule has 20 heavy (non-hydrogen) atoms. The number of hydrogen-bond acceptors (Lipinski definition) is 4. The third-order valence-electron chi connectivity index (χ3n) is 3.74. The van der Waals surface area contributed by atoms with Crippen LogP contribution in [-0.4, -0.2) is 23.4 Å². The summed E-state index contributed by atoms with van der Waals surface area (Å²) in [6.07, 6.45) is 3.62. The maximum atomic E-state index is 10.2. The second-order valence-electron chi connectivity index (χ2n) is 5.57. The summed E-state index contributed by atoms with van der Waals surface area (Å²) in [6, 6.07) is 9.73. The van der Waals surface area contributed by atoms with Gasteiger partial charge in [0.25, 0.3) is 0 Å². The van der Waals surface area contributed by atoms with Gasteiger partial charge in [-0.25, -0.2) is 0 Å². The predicted octanol–water partition coefficient (Wildman–Crippen LogP) is 2.37. The zero-order valence-corrected chi connectivity index (χ0v) is 11.9. The van der Waals surface area contributed by atoms with Gasteiger partial charge in [0.15, 0.2) is 6.10 Å². The molecular weight excluding hydrogens is 252 g/mol. The molecule has 0 aromatic heterocycles. The molecule has 0 spiro atoms. The summed E-state index contributed by atoms with van der Waals surface area (Å²) in [5, 5.41) is 22.2. The Morgan fingerprint density at radius 3 is 2.60 bits per heavy atom. The molecule has 1 aliphatic carbocycles. The van der Waals surface area contributed by atoms with E-state index in [1.807, 2.05) is 30.3 Å². The molecule has 2 N–H and O–H groups in total. The number of nitrogens with zero attached hydrogens (tertiary/aromatic N) is 1. The van der Waals surface area contributed by atoms with Crippen LogP contribution in [0.3, 0.4) is 0 Å². The van der Waals surface area contributed by atoms with Crippen molar-refractivity contribution in [3.05, 3.63) is 29.8 Å². The highest BCUT2D eigenvalue weighted by atomic mass is 16.5. The Balaban J connectivity index is 1.77. The zero-order valence-electron chi connectivity index (χ0n) is 11.9. The topological polar surface area (TPSA) is 65.3 Å². The molecule has 1 aliphatic rings. The van der Waals surface area contributed by atoms with Crippen molar-refractivity contribution >= 4 is 0 Å². The molecular formula is C16H22N2O2. The van der Waals surface area contributed by atoms with Crippen LogP contribution in [0.2, 0.25) is 0 Å². The van der Waals surface area contributed by atoms with Crippen molar-refractivity contribution in [3.8, 4) is 11.8 Å². The van der Waals surface area contributed by atoms with E-state index < -0.39 is 11.7 Å². The van der Waals surface area contributed by atoms with Crippen LogP contribution < -0.4 is 10.1 Å². The third kappa shape index (κ3) is 4.22. The van der Waals surface area contributed by atoms with E-state index in [1.165, 1.54) is 0 Å². The molecule has 1 fully saturated rings. The number of rotatable bonds is 6. The Morgan fingerprint density at radius 1 is 1.35 bits per heavy atom. The lowest BCUT2D eigenvalue weighted by Gasteiger charge is -2.22. The van der Waals surface area contributed by atoms with Gasteiger partial charge in [-0.2, -0.15) is 5.26 Å². The lowest BCUT2D eigenvalue weighted by atomic mass is 10.0. The molecule has 0 amide bonds. The number of ether oxygens (including phenoxy) is 1. The van der Waals surface area contributed by atoms with E-state index in [9.17, 15) is 5.11 Å². The molecule has 4 heteroatoms. The summed E-state index contributed by atoms with van der Waals surface area (Å²) in [4.78, 5) is 0. The van der Waals surface area contributed by atoms with Crippen LogP contribution in [0.25, 0.3) is 0 Å². The second kappa shape index (κ2) is 6.74. The van der Waals surface area contributed by atoms with Crippen LogP contribution in [0.4, 0.5) is 0 Å². The highest BCUT2D eigenvalue weighted by Gasteiger charge is 2.30. The van der Waals surface area contributed by atoms with Crippen LogP contribution >= 0.6 is 0 Å². The van der Waals surface area contributed by atoms with Gasteiger partial charge in [0.05, 0.1) is 5.60 Å². The monoisotopic (exact) mass is 274 g/mol. The van der Waals surface area contributed by atoms with Crippen molar-refractivity contribution in [1.29, 1.82) is 5.26 Å². The third-order valence-corrected chi connectivity index (χ3v) is 3.74. The van der Waals surface area contributed by atoms with Crippen molar-refractivity contribution < 1.29 is 9.84 Å². The van der Waals surface area contributed by atoms with Crippen LogP contribution in [0.15, 0.2) is 24.3 Å². The van der Waals surface area contributed by atoms with Gasteiger partial charge in [0.2, 0.25) is 0 Å². The number of hydrogen-bond donors (Lipinski definition) is 2. The van der Waals surface area contributed by atoms with Crippen LogP contribution in [0.1, 0.15) is 38.2 Å². The Hall–Kier alpha value is -1.57. The number of nitriles is 1. The molecule has 2 rings (SSSR count). The summed E-state index contributed by atoms with van der Waals surface area (Å²) >= 11 is 0. The van der Waals surface area contributed by atoms with Crippen LogP contribution in [-0.2, 0) is 6.54 Å². The quantitative estimate of drug-likeness (QED) is 0.836. The number of aliphatic hydroxyl groups is 1. The molecule has 1 aromatic carbocycles. The standard InChI is InChI=1S/C16H22N2O2/c1-13(10-17)20-15-6-4-14(5-7-15)11-18-12-16(19)8-2-3-9-16/h4-7,13,18-19H,2-3,8-9,11-12H2,1H3. The molecule has 0 saturated heterocycles. The van der Waals surface area contributed by atoms with E-state index in [1.54, 1.807) is 6.92 Å². The van der Waals surface area contributed by atoms with Gasteiger partial charge in [0.1, 0.15) is 11.8 Å². The van der Waals surface area contributed by atoms with E-state index in [0.717, 1.165) is 37.8 Å². The summed E-state index contributed by atoms with van der Waals surface area (Å²) in [5.74, 6) is 0.706. The average molecular weight is 274 g/mol. The highest BCUT2D eigenvalue weighted by Crippen LogP contribution is 2.28. The average Bonchev–Trinajstić information content (AvgIpc) is 2.87. The summed E-state index contributed by atoms with van der Waals surface area (Å²) in [5.41, 5.74) is 0.634. The van der Waals surface area contributed by atoms with E-state index in [-0.39, 0.29) is 0 Å². The first-order chi connectivity index (χ1) is 9.61. The van der Waals surface area contributed by atoms with Crippen molar-refractivity contribution in [2.24, 2.45) is 0 Å². The first-order valence-corrected chi connectivity index (χ1v) is 7.20. The van der Waals surface area contributed by atoms with Crippen LogP contribution in [0.5, 0.6) is 5.75 Å². The Morgan fingerprint density at radius 2 is 2.00 bits per heavy atom. The smallest absolute Gasteiger partial charge is 0.181 e. The maximum Gasteiger partial charge on any atom is 0.181 e. The zero-order chi connectivity index (χ0) is 14.4. The van der Waals surface area contributed by atoms with E-state index >= 15 is 0 Å². The minimum absolute atomic E-state index is 0.435. The van der Waals surface area contributed by atoms with Crippen molar-refractivity contribution in [1.82, 2.24) is 5.32 Å². The second-order valence-corrected chi connectivity index (χ2v) is 5.57. The largest absolute Gasteiger partial charge is 0.476 e. The van der Waals surface area contributed by atoms with Gasteiger partial charge in [-0.3, -0.25) is 0 Å². The van der Waals surface area contributed by atoms with Crippen molar-refractivity contribution in [2.45, 2.75) is 50.9 Å². The van der Waals surface area contributed by atoms with Gasteiger partial charge in [-0.05, 0) is 37.5 Å². The minimum atomic E-state index is -0.509. The number of nitrogens with one attached hydrogen (secondary N) is 1. The molecule has 1 saturated carbocycles. The molecule has 0 bridgehead atoms. The van der Waals surface area contributed by atoms with Gasteiger partial charge in [-0.15, -0.1) is 0 Å². The SMILES string of the molecule is CC(C#N)Oc1ccc(CNCC2(O)CCCC2)cc1. The summed E-state index contributed by atoms with van der Waals surface area (Å²) in [7, 11) is 0. The van der Waals surface area contributed by atoms with E-state index in [2.05, 4.69) is 5.32 Å². The number of benzene rings is 1. The first-order valence-electron chi connectivity index (χ1n) is 7.20. The molecule has 1 unspecified atom stereocenters. The van der Waals surface area contributed by atoms with Crippen molar-refractivity contribution in [2.75, 3.05) is 6.54 Å². The molecule has 4 nitrogen and oxygen atoms in total. The van der Waals surface area contributed by atoms with Crippen molar-refractivity contribution in [3.63, 3.8) is 0 Å². The first kappa shape index (κ1) is 14.8. The molecule has 108 valence electrons. The lowest BCUT2D eigenvalue weighted by Crippen LogP contribution is -2.37. The minimum Gasteiger partial charge on any atom is -0.476 e. The van der Waals surface area contributed by atoms with E-state index in [0.29, 0.717) is 12.3 Å². The predicted molar refractivity (Wildman–Crippen MR) is 77.3 cm³/mol. The van der Waals surface area contributed by atoms with Gasteiger partial charge >= 0.3 is 0 Å². The fraction of sp³-hybridized carbons (Fsp3) is 0.562. The normalized spacial score (nSPS) is 18.4.